The summed E-state index contributed by atoms with van der Waals surface area (Å²) in [5.41, 5.74) is 8.21. The third kappa shape index (κ3) is 19.5. The minimum absolute atomic E-state index is 0. The Kier molecular flexibility index (Phi) is 25.8. The van der Waals surface area contributed by atoms with Crippen LogP contribution in [0.5, 0.6) is 0 Å². The molecule has 0 unspecified atom stereocenters. The Morgan fingerprint density at radius 1 is 0.250 bits per heavy atom. The number of hydrogen-bond acceptors (Lipinski definition) is 0. The van der Waals surface area contributed by atoms with Crippen molar-refractivity contribution < 1.29 is 71.5 Å². The predicted octanol–water partition coefficient (Wildman–Crippen LogP) is 15.0. The SMILES string of the molecule is CC(C)(C)c1ccc2c(c1)[cH-]c1cc(C(C)(C)C)ccc12.CC(C)(C)c1ccc2c(c1)[cH-]c1cc(C(C)(C)C)ccc12.Cc1cc2ccccc2[cH-]1.Cc1cc2ccccc2[cH-]1.[Cl-].[Cl-].[Zr+2]=[Si](c1ccccc1)c1ccccc1.[Zr+2]=[Si](c1ccccc1)c1ccccc1. The second-order valence-electron chi connectivity index (χ2n) is 28.0. The first-order chi connectivity index (χ1) is 42.8. The molecule has 0 bridgehead atoms. The van der Waals surface area contributed by atoms with Gasteiger partial charge in [-0.05, 0) is 21.7 Å². The second-order valence-corrected chi connectivity index (χ2v) is 39.2. The van der Waals surface area contributed by atoms with Crippen molar-refractivity contribution in [2.45, 2.75) is 119 Å². The number of halogens is 2. The Hall–Kier alpha value is -6.06. The van der Waals surface area contributed by atoms with Crippen LogP contribution in [0.25, 0.3) is 64.6 Å². The first-order valence-electron chi connectivity index (χ1n) is 31.7. The third-order valence-electron chi connectivity index (χ3n) is 16.6. The average molecular weight is 1430 g/mol. The van der Waals surface area contributed by atoms with Gasteiger partial charge in [0, 0.05) is 0 Å². The molecule has 0 radical (unpaired) electrons. The van der Waals surface area contributed by atoms with Gasteiger partial charge in [0.05, 0.1) is 0 Å². The molecule has 14 aromatic carbocycles. The quantitative estimate of drug-likeness (QED) is 0.122. The Labute approximate surface area is 593 Å². The number of aryl methyl sites for hydroxylation is 2. The van der Waals surface area contributed by atoms with Gasteiger partial charge in [0.2, 0.25) is 0 Å². The van der Waals surface area contributed by atoms with E-state index in [1.165, 1.54) is 119 Å². The van der Waals surface area contributed by atoms with Crippen LogP contribution in [0.1, 0.15) is 116 Å². The van der Waals surface area contributed by atoms with Crippen LogP contribution in [-0.4, -0.2) is 10.9 Å². The van der Waals surface area contributed by atoms with Crippen LogP contribution in [0.3, 0.4) is 0 Å². The van der Waals surface area contributed by atoms with Crippen LogP contribution in [0, 0.1) is 13.8 Å². The zero-order valence-electron chi connectivity index (χ0n) is 56.3. The number of rotatable bonds is 4. The van der Waals surface area contributed by atoms with Gasteiger partial charge in [0.25, 0.3) is 0 Å². The van der Waals surface area contributed by atoms with Crippen LogP contribution in [0.4, 0.5) is 0 Å². The van der Waals surface area contributed by atoms with E-state index in [9.17, 15) is 0 Å². The monoisotopic (exact) mass is 1430 g/mol. The fraction of sp³-hybridized carbons (Fsp3) is 0.209. The van der Waals surface area contributed by atoms with Crippen molar-refractivity contribution >= 4 is 96.2 Å². The minimum atomic E-state index is -0.455. The van der Waals surface area contributed by atoms with Crippen LogP contribution < -0.4 is 45.6 Å². The number of hydrogen-bond donors (Lipinski definition) is 0. The molecule has 0 amide bonds. The molecule has 0 spiro atoms. The second kappa shape index (κ2) is 32.4. The summed E-state index contributed by atoms with van der Waals surface area (Å²) in [4.78, 5) is 0. The van der Waals surface area contributed by atoms with E-state index in [-0.39, 0.29) is 46.5 Å². The van der Waals surface area contributed by atoms with Crippen molar-refractivity contribution in [3.05, 3.63) is 312 Å². The molecule has 0 heterocycles. The van der Waals surface area contributed by atoms with E-state index in [1.807, 2.05) is 0 Å². The first-order valence-corrected chi connectivity index (χ1v) is 42.1. The van der Waals surface area contributed by atoms with Gasteiger partial charge in [0.15, 0.2) is 0 Å². The summed E-state index contributed by atoms with van der Waals surface area (Å²) in [6, 6.07) is 101. The normalized spacial score (nSPS) is 11.3. The van der Waals surface area contributed by atoms with E-state index in [0.717, 1.165) is 0 Å². The maximum atomic E-state index is 2.35. The van der Waals surface area contributed by atoms with Crippen molar-refractivity contribution in [1.82, 2.24) is 0 Å². The number of benzene rings is 10. The van der Waals surface area contributed by atoms with Crippen molar-refractivity contribution in [1.29, 1.82) is 0 Å². The Bertz CT molecular complexity index is 4080. The Morgan fingerprint density at radius 2 is 0.467 bits per heavy atom. The molecule has 14 rings (SSSR count). The zero-order chi connectivity index (χ0) is 64.4. The predicted molar refractivity (Wildman–Crippen MR) is 393 cm³/mol. The Balaban J connectivity index is 0.000000159. The van der Waals surface area contributed by atoms with E-state index in [0.29, 0.717) is 0 Å². The molecular weight excluding hydrogens is 1340 g/mol. The molecule has 0 nitrogen and oxygen atoms in total. The van der Waals surface area contributed by atoms with Gasteiger partial charge in [-0.2, -0.15) is 12.1 Å². The van der Waals surface area contributed by atoms with Crippen LogP contribution in [-0.2, 0) is 68.3 Å². The molecule has 0 saturated heterocycles. The van der Waals surface area contributed by atoms with Crippen molar-refractivity contribution in [3.63, 3.8) is 0 Å². The molecule has 0 N–H and O–H groups in total. The topological polar surface area (TPSA) is 0 Å². The summed E-state index contributed by atoms with van der Waals surface area (Å²) in [5.74, 6) is 0. The fourth-order valence-corrected chi connectivity index (χ4v) is 19.0. The van der Waals surface area contributed by atoms with Gasteiger partial charge in [-0.3, -0.25) is 0 Å². The van der Waals surface area contributed by atoms with E-state index in [4.69, 9.17) is 0 Å². The molecule has 0 aliphatic rings. The number of fused-ring (bicyclic) bond motifs is 8. The standard InChI is InChI=1S/2C21H25.2C12H10Si.2C10H9.2ClH.2Zr/c2*1-20(2,3)16-7-9-18-14(12-16)11-15-13-17(21(4,5)6)8-10-19(15)18;2*1-3-7-11(8-4-1)13-12-9-5-2-6-10-12;2*1-8-6-9-4-2-3-5-10(9)7-8;;;;/h2*7-13H,1-6H3;2*1-10H;2*2-7H,1H3;2*1H;;/q2*-1;;;2*-1;;;2*+2/p-2. The summed E-state index contributed by atoms with van der Waals surface area (Å²) in [6.07, 6.45) is 0. The Morgan fingerprint density at radius 3 is 0.685 bits per heavy atom. The van der Waals surface area contributed by atoms with Gasteiger partial charge in [-0.25, -0.2) is 0 Å². The summed E-state index contributed by atoms with van der Waals surface area (Å²) >= 11 is 3.29. The van der Waals surface area contributed by atoms with Gasteiger partial charge in [-0.15, -0.1) is 161 Å². The molecule has 0 aromatic heterocycles. The van der Waals surface area contributed by atoms with Crippen molar-refractivity contribution in [2.24, 2.45) is 0 Å². The van der Waals surface area contributed by atoms with E-state index >= 15 is 0 Å². The van der Waals surface area contributed by atoms with E-state index in [2.05, 4.69) is 376 Å². The van der Waals surface area contributed by atoms with Gasteiger partial charge in [0.1, 0.15) is 0 Å². The molecule has 0 saturated carbocycles. The van der Waals surface area contributed by atoms with E-state index in [1.54, 1.807) is 46.7 Å². The van der Waals surface area contributed by atoms with Gasteiger partial charge >= 0.3 is 200 Å². The summed E-state index contributed by atoms with van der Waals surface area (Å²) in [5, 5.41) is 22.4. The molecule has 464 valence electrons. The zero-order valence-corrected chi connectivity index (χ0v) is 64.7. The van der Waals surface area contributed by atoms with Crippen LogP contribution in [0.2, 0.25) is 0 Å². The van der Waals surface area contributed by atoms with Gasteiger partial charge < -0.3 is 24.8 Å². The molecule has 0 fully saturated rings. The van der Waals surface area contributed by atoms with Crippen LogP contribution in [0.15, 0.2) is 279 Å². The maximum absolute atomic E-state index is 2.35. The van der Waals surface area contributed by atoms with E-state index < -0.39 is 10.9 Å². The first kappa shape index (κ1) is 73.4. The molecule has 92 heavy (non-hydrogen) atoms. The molecule has 6 heteroatoms. The fourth-order valence-electron chi connectivity index (χ4n) is 11.3. The summed E-state index contributed by atoms with van der Waals surface area (Å²) in [7, 11) is 0. The molecule has 0 atom stereocenters. The average Bonchev–Trinajstić information content (AvgIpc) is 1.63. The molecular formula is C86H88Cl2Si2Zr2-2. The van der Waals surface area contributed by atoms with Crippen molar-refractivity contribution in [3.8, 4) is 0 Å². The summed E-state index contributed by atoms with van der Waals surface area (Å²) in [6.45, 7) is 31.5. The molecule has 0 aliphatic carbocycles. The van der Waals surface area contributed by atoms with Gasteiger partial charge in [-0.1, -0.05) is 180 Å². The third-order valence-corrected chi connectivity index (χ3v) is 28.8. The van der Waals surface area contributed by atoms with Crippen molar-refractivity contribution in [2.75, 3.05) is 0 Å². The molecule has 0 aliphatic heterocycles. The van der Waals surface area contributed by atoms with Crippen LogP contribution >= 0.6 is 0 Å². The molecule has 14 aromatic rings. The summed E-state index contributed by atoms with van der Waals surface area (Å²) < 4.78 is 0.